The van der Waals surface area contributed by atoms with E-state index in [0.29, 0.717) is 31.3 Å². The summed E-state index contributed by atoms with van der Waals surface area (Å²) >= 11 is 0. The van der Waals surface area contributed by atoms with Gasteiger partial charge in [-0.2, -0.15) is 0 Å². The number of hydrogen-bond acceptors (Lipinski definition) is 7. The molecule has 5 atom stereocenters. The van der Waals surface area contributed by atoms with Crippen LogP contribution in [0.1, 0.15) is 46.0 Å². The zero-order chi connectivity index (χ0) is 20.8. The van der Waals surface area contributed by atoms with Crippen molar-refractivity contribution in [3.8, 4) is 0 Å². The zero-order valence-corrected chi connectivity index (χ0v) is 16.8. The average molecular weight is 394 g/mol. The lowest BCUT2D eigenvalue weighted by molar-refractivity contribution is -0.158. The van der Waals surface area contributed by atoms with E-state index in [1.807, 2.05) is 6.92 Å². The number of esters is 3. The molecule has 1 N–H and O–H groups in total. The van der Waals surface area contributed by atoms with Crippen molar-refractivity contribution in [1.29, 1.82) is 0 Å². The fourth-order valence-electron chi connectivity index (χ4n) is 3.68. The molecule has 1 heterocycles. The van der Waals surface area contributed by atoms with Gasteiger partial charge in [0.2, 0.25) is 0 Å². The minimum atomic E-state index is -0.770. The molecule has 0 amide bonds. The highest BCUT2D eigenvalue weighted by Crippen LogP contribution is 2.38. The predicted molar refractivity (Wildman–Crippen MR) is 101 cm³/mol. The quantitative estimate of drug-likeness (QED) is 0.434. The molecule has 7 nitrogen and oxygen atoms in total. The first-order valence-corrected chi connectivity index (χ1v) is 9.80. The van der Waals surface area contributed by atoms with Crippen LogP contribution >= 0.6 is 0 Å². The Balaban J connectivity index is 2.42. The molecule has 2 rings (SSSR count). The summed E-state index contributed by atoms with van der Waals surface area (Å²) < 4.78 is 16.1. The van der Waals surface area contributed by atoms with Crippen LogP contribution < -0.4 is 0 Å². The molecule has 0 spiro atoms. The van der Waals surface area contributed by atoms with E-state index in [1.165, 1.54) is 7.11 Å². The van der Waals surface area contributed by atoms with Crippen molar-refractivity contribution in [2.45, 2.75) is 58.2 Å². The number of methoxy groups -OCH3 is 1. The highest BCUT2D eigenvalue weighted by Gasteiger charge is 2.46. The molecule has 0 saturated carbocycles. The third-order valence-electron chi connectivity index (χ3n) is 5.66. The van der Waals surface area contributed by atoms with Crippen LogP contribution in [0.4, 0.5) is 0 Å². The molecule has 156 valence electrons. The molecule has 0 radical (unpaired) electrons. The Hall–Kier alpha value is -2.15. The van der Waals surface area contributed by atoms with Crippen LogP contribution in [0, 0.1) is 17.8 Å². The lowest BCUT2D eigenvalue weighted by atomic mass is 9.81. The maximum absolute atomic E-state index is 12.5. The minimum Gasteiger partial charge on any atom is -0.466 e. The summed E-state index contributed by atoms with van der Waals surface area (Å²) in [6.45, 7) is 7.43. The number of rotatable bonds is 5. The second-order valence-electron chi connectivity index (χ2n) is 7.57. The van der Waals surface area contributed by atoms with E-state index in [4.69, 9.17) is 14.2 Å². The van der Waals surface area contributed by atoms with Gasteiger partial charge in [0.15, 0.2) is 0 Å². The van der Waals surface area contributed by atoms with Gasteiger partial charge in [0, 0.05) is 24.2 Å². The molecule has 1 aliphatic carbocycles. The van der Waals surface area contributed by atoms with E-state index >= 15 is 0 Å². The molecular formula is C21H30O7. The Labute approximate surface area is 165 Å². The van der Waals surface area contributed by atoms with Crippen LogP contribution in [-0.2, 0) is 28.6 Å². The smallest absolute Gasteiger partial charge is 0.334 e. The minimum absolute atomic E-state index is 0.0635. The molecule has 7 heteroatoms. The number of hydrogen-bond donors (Lipinski definition) is 1. The fourth-order valence-corrected chi connectivity index (χ4v) is 3.68. The van der Waals surface area contributed by atoms with Crippen LogP contribution in [0.15, 0.2) is 23.8 Å². The van der Waals surface area contributed by atoms with E-state index in [1.54, 1.807) is 13.0 Å². The third kappa shape index (κ3) is 5.01. The Bertz CT molecular complexity index is 651. The summed E-state index contributed by atoms with van der Waals surface area (Å²) in [7, 11) is 1.29. The highest BCUT2D eigenvalue weighted by atomic mass is 16.6. The van der Waals surface area contributed by atoms with Crippen molar-refractivity contribution in [2.24, 2.45) is 17.8 Å². The number of aliphatic hydroxyl groups is 1. The van der Waals surface area contributed by atoms with Crippen molar-refractivity contribution in [3.05, 3.63) is 23.8 Å². The van der Waals surface area contributed by atoms with Gasteiger partial charge in [-0.3, -0.25) is 4.79 Å². The molecule has 1 fully saturated rings. The molecular weight excluding hydrogens is 364 g/mol. The Morgan fingerprint density at radius 1 is 1.43 bits per heavy atom. The van der Waals surface area contributed by atoms with Gasteiger partial charge in [-0.05, 0) is 31.6 Å². The van der Waals surface area contributed by atoms with E-state index in [2.05, 4.69) is 6.58 Å². The summed E-state index contributed by atoms with van der Waals surface area (Å²) in [6.07, 6.45) is 2.83. The van der Waals surface area contributed by atoms with Crippen LogP contribution in [0.3, 0.4) is 0 Å². The third-order valence-corrected chi connectivity index (χ3v) is 5.66. The molecule has 28 heavy (non-hydrogen) atoms. The fraction of sp³-hybridized carbons (Fsp3) is 0.667. The van der Waals surface area contributed by atoms with Gasteiger partial charge in [-0.1, -0.05) is 26.5 Å². The van der Waals surface area contributed by atoms with Gasteiger partial charge >= 0.3 is 17.9 Å². The number of allylic oxidation sites excluding steroid dienone is 1. The second-order valence-corrected chi connectivity index (χ2v) is 7.57. The molecule has 1 aliphatic heterocycles. The largest absolute Gasteiger partial charge is 0.466 e. The maximum Gasteiger partial charge on any atom is 0.334 e. The number of carbonyl (C=O) groups is 3. The summed E-state index contributed by atoms with van der Waals surface area (Å²) in [4.78, 5) is 36.9. The molecule has 0 aromatic heterocycles. The van der Waals surface area contributed by atoms with E-state index in [-0.39, 0.29) is 30.4 Å². The molecule has 0 aromatic carbocycles. The average Bonchev–Trinajstić information content (AvgIpc) is 2.97. The van der Waals surface area contributed by atoms with Crippen molar-refractivity contribution < 1.29 is 33.7 Å². The summed E-state index contributed by atoms with van der Waals surface area (Å²) in [6, 6.07) is 0. The Morgan fingerprint density at radius 3 is 2.75 bits per heavy atom. The van der Waals surface area contributed by atoms with E-state index < -0.39 is 36.0 Å². The lowest BCUT2D eigenvalue weighted by Gasteiger charge is -2.30. The molecule has 0 aromatic rings. The van der Waals surface area contributed by atoms with Gasteiger partial charge in [0.25, 0.3) is 0 Å². The molecule has 5 unspecified atom stereocenters. The molecule has 0 bridgehead atoms. The SMILES string of the molecule is C=C1C(=O)OC2CC(CO)CCC=C(C(=O)OC)CC(OC(=O)C(C)CC)C12. The normalized spacial score (nSPS) is 29.2. The van der Waals surface area contributed by atoms with Gasteiger partial charge in [-0.15, -0.1) is 0 Å². The maximum atomic E-state index is 12.5. The van der Waals surface area contributed by atoms with Crippen LogP contribution in [0.2, 0.25) is 0 Å². The first-order valence-electron chi connectivity index (χ1n) is 9.80. The lowest BCUT2D eigenvalue weighted by Crippen LogP contribution is -2.37. The summed E-state index contributed by atoms with van der Waals surface area (Å²) in [5.41, 5.74) is 0.613. The zero-order valence-electron chi connectivity index (χ0n) is 16.8. The monoisotopic (exact) mass is 394 g/mol. The van der Waals surface area contributed by atoms with Crippen LogP contribution in [-0.4, -0.2) is 48.9 Å². The predicted octanol–water partition coefficient (Wildman–Crippen LogP) is 2.32. The second kappa shape index (κ2) is 9.87. The van der Waals surface area contributed by atoms with E-state index in [0.717, 1.165) is 0 Å². The van der Waals surface area contributed by atoms with Crippen molar-refractivity contribution >= 4 is 17.9 Å². The van der Waals surface area contributed by atoms with Crippen molar-refractivity contribution in [1.82, 2.24) is 0 Å². The van der Waals surface area contributed by atoms with Gasteiger partial charge < -0.3 is 19.3 Å². The Kier molecular flexibility index (Phi) is 7.80. The van der Waals surface area contributed by atoms with Gasteiger partial charge in [-0.25, -0.2) is 9.59 Å². The standard InChI is InChI=1S/C21H30O7/c1-5-12(2)19(23)27-17-10-15(21(25)26-4)8-6-7-14(11-22)9-16-18(17)13(3)20(24)28-16/h8,12,14,16-18,22H,3,5-7,9-11H2,1-2,4H3. The number of ether oxygens (including phenoxy) is 3. The molecule has 2 aliphatic rings. The first kappa shape index (κ1) is 22.1. The van der Waals surface area contributed by atoms with Crippen molar-refractivity contribution in [3.63, 3.8) is 0 Å². The van der Waals surface area contributed by atoms with Gasteiger partial charge in [0.1, 0.15) is 12.2 Å². The topological polar surface area (TPSA) is 99.1 Å². The van der Waals surface area contributed by atoms with Gasteiger partial charge in [0.05, 0.1) is 18.9 Å². The highest BCUT2D eigenvalue weighted by molar-refractivity contribution is 5.91. The van der Waals surface area contributed by atoms with Crippen LogP contribution in [0.5, 0.6) is 0 Å². The summed E-state index contributed by atoms with van der Waals surface area (Å²) in [5.74, 6) is -2.41. The summed E-state index contributed by atoms with van der Waals surface area (Å²) in [5, 5.41) is 9.70. The van der Waals surface area contributed by atoms with Crippen molar-refractivity contribution in [2.75, 3.05) is 13.7 Å². The first-order chi connectivity index (χ1) is 13.3. The Morgan fingerprint density at radius 2 is 2.14 bits per heavy atom. The number of carbonyl (C=O) groups excluding carboxylic acids is 3. The van der Waals surface area contributed by atoms with Crippen LogP contribution in [0.25, 0.3) is 0 Å². The molecule has 1 saturated heterocycles. The number of fused-ring (bicyclic) bond motifs is 1. The van der Waals surface area contributed by atoms with E-state index in [9.17, 15) is 19.5 Å². The number of aliphatic hydroxyl groups excluding tert-OH is 1.